The second-order valence-corrected chi connectivity index (χ2v) is 4.62. The van der Waals surface area contributed by atoms with Gasteiger partial charge in [0.25, 0.3) is 0 Å². The Kier molecular flexibility index (Phi) is 6.79. The van der Waals surface area contributed by atoms with Crippen LogP contribution in [0.1, 0.15) is 34.1 Å². The minimum Gasteiger partial charge on any atom is -0.465 e. The van der Waals surface area contributed by atoms with Crippen molar-refractivity contribution in [2.24, 2.45) is 0 Å². The minimum absolute atomic E-state index is 0.138. The third kappa shape index (κ3) is 7.49. The molecule has 0 aliphatic rings. The standard InChI is InChI=1S/C12H20N2O4/c1-5-17-10(15)9-14(8-6-7-13)11(16)18-12(2,3)4/h5-6,8-9H2,1-4H3. The summed E-state index contributed by atoms with van der Waals surface area (Å²) in [6.07, 6.45) is -0.482. The zero-order chi connectivity index (χ0) is 14.2. The molecule has 0 heterocycles. The van der Waals surface area contributed by atoms with Gasteiger partial charge in [-0.3, -0.25) is 9.69 Å². The Labute approximate surface area is 107 Å². The van der Waals surface area contributed by atoms with Crippen LogP contribution in [0.4, 0.5) is 4.79 Å². The Bertz CT molecular complexity index is 328. The number of carbonyl (C=O) groups is 2. The van der Waals surface area contributed by atoms with Crippen LogP contribution in [-0.2, 0) is 14.3 Å². The maximum atomic E-state index is 11.8. The van der Waals surface area contributed by atoms with Gasteiger partial charge in [-0.1, -0.05) is 0 Å². The van der Waals surface area contributed by atoms with E-state index in [9.17, 15) is 9.59 Å². The SMILES string of the molecule is CCOC(=O)CN(CCC#N)C(=O)OC(C)(C)C. The highest BCUT2D eigenvalue weighted by atomic mass is 16.6. The molecule has 6 nitrogen and oxygen atoms in total. The molecule has 0 saturated carbocycles. The van der Waals surface area contributed by atoms with Crippen LogP contribution in [0, 0.1) is 11.3 Å². The van der Waals surface area contributed by atoms with Gasteiger partial charge in [0.2, 0.25) is 0 Å². The summed E-state index contributed by atoms with van der Waals surface area (Å²) in [5.41, 5.74) is -0.642. The highest BCUT2D eigenvalue weighted by molar-refractivity contribution is 5.78. The van der Waals surface area contributed by atoms with E-state index in [0.717, 1.165) is 0 Å². The zero-order valence-electron chi connectivity index (χ0n) is 11.4. The van der Waals surface area contributed by atoms with Crippen molar-refractivity contribution in [3.05, 3.63) is 0 Å². The van der Waals surface area contributed by atoms with E-state index in [2.05, 4.69) is 0 Å². The fourth-order valence-corrected chi connectivity index (χ4v) is 1.11. The van der Waals surface area contributed by atoms with E-state index >= 15 is 0 Å². The highest BCUT2D eigenvalue weighted by Crippen LogP contribution is 2.10. The molecule has 18 heavy (non-hydrogen) atoms. The Morgan fingerprint density at radius 3 is 2.39 bits per heavy atom. The molecule has 0 spiro atoms. The molecule has 1 amide bonds. The number of esters is 1. The van der Waals surface area contributed by atoms with Gasteiger partial charge in [0.1, 0.15) is 12.1 Å². The number of nitrogens with zero attached hydrogens (tertiary/aromatic N) is 2. The lowest BCUT2D eigenvalue weighted by Crippen LogP contribution is -2.40. The topological polar surface area (TPSA) is 79.6 Å². The Balaban J connectivity index is 4.52. The van der Waals surface area contributed by atoms with Gasteiger partial charge in [-0.15, -0.1) is 0 Å². The van der Waals surface area contributed by atoms with Gasteiger partial charge in [-0.2, -0.15) is 5.26 Å². The van der Waals surface area contributed by atoms with Crippen molar-refractivity contribution in [1.29, 1.82) is 5.26 Å². The van der Waals surface area contributed by atoms with Crippen LogP contribution in [0.15, 0.2) is 0 Å². The molecule has 0 aromatic rings. The van der Waals surface area contributed by atoms with E-state index in [-0.39, 0.29) is 26.1 Å². The zero-order valence-corrected chi connectivity index (χ0v) is 11.4. The number of nitriles is 1. The van der Waals surface area contributed by atoms with Crippen molar-refractivity contribution < 1.29 is 19.1 Å². The first-order valence-electron chi connectivity index (χ1n) is 5.80. The van der Waals surface area contributed by atoms with Crippen LogP contribution in [0.3, 0.4) is 0 Å². The first-order valence-corrected chi connectivity index (χ1v) is 5.80. The summed E-state index contributed by atoms with van der Waals surface area (Å²) in [5.74, 6) is -0.513. The van der Waals surface area contributed by atoms with Crippen molar-refractivity contribution in [3.8, 4) is 6.07 Å². The largest absolute Gasteiger partial charge is 0.465 e. The number of hydrogen-bond acceptors (Lipinski definition) is 5. The number of ether oxygens (including phenoxy) is 2. The predicted molar refractivity (Wildman–Crippen MR) is 64.7 cm³/mol. The monoisotopic (exact) mass is 256 g/mol. The van der Waals surface area contributed by atoms with Crippen molar-refractivity contribution >= 4 is 12.1 Å². The molecular formula is C12H20N2O4. The molecule has 0 aliphatic heterocycles. The third-order valence-corrected chi connectivity index (χ3v) is 1.77. The maximum absolute atomic E-state index is 11.8. The van der Waals surface area contributed by atoms with Crippen LogP contribution in [-0.4, -0.2) is 42.3 Å². The quantitative estimate of drug-likeness (QED) is 0.699. The molecule has 6 heteroatoms. The van der Waals surface area contributed by atoms with Crippen molar-refractivity contribution in [3.63, 3.8) is 0 Å². The highest BCUT2D eigenvalue weighted by Gasteiger charge is 2.24. The van der Waals surface area contributed by atoms with Gasteiger partial charge in [0.05, 0.1) is 19.1 Å². The van der Waals surface area contributed by atoms with E-state index in [1.165, 1.54) is 4.90 Å². The van der Waals surface area contributed by atoms with Gasteiger partial charge in [-0.25, -0.2) is 4.79 Å². The molecule has 0 aliphatic carbocycles. The van der Waals surface area contributed by atoms with E-state index in [1.807, 2.05) is 6.07 Å². The smallest absolute Gasteiger partial charge is 0.410 e. The molecule has 0 radical (unpaired) electrons. The lowest BCUT2D eigenvalue weighted by atomic mass is 10.2. The fourth-order valence-electron chi connectivity index (χ4n) is 1.11. The summed E-state index contributed by atoms with van der Waals surface area (Å²) in [6.45, 7) is 7.08. The average Bonchev–Trinajstić information content (AvgIpc) is 2.21. The van der Waals surface area contributed by atoms with Crippen LogP contribution in [0.2, 0.25) is 0 Å². The van der Waals surface area contributed by atoms with Gasteiger partial charge < -0.3 is 9.47 Å². The molecule has 0 aromatic heterocycles. The van der Waals surface area contributed by atoms with Crippen LogP contribution >= 0.6 is 0 Å². The lowest BCUT2D eigenvalue weighted by Gasteiger charge is -2.26. The van der Waals surface area contributed by atoms with Gasteiger partial charge >= 0.3 is 12.1 Å². The van der Waals surface area contributed by atoms with Crippen LogP contribution < -0.4 is 0 Å². The number of rotatable bonds is 5. The Hall–Kier alpha value is -1.77. The fraction of sp³-hybridized carbons (Fsp3) is 0.750. The summed E-state index contributed by atoms with van der Waals surface area (Å²) in [4.78, 5) is 24.3. The maximum Gasteiger partial charge on any atom is 0.410 e. The second kappa shape index (κ2) is 7.54. The average molecular weight is 256 g/mol. The molecule has 0 N–H and O–H groups in total. The number of hydrogen-bond donors (Lipinski definition) is 0. The van der Waals surface area contributed by atoms with Gasteiger partial charge in [0.15, 0.2) is 0 Å². The second-order valence-electron chi connectivity index (χ2n) is 4.62. The molecule has 0 fully saturated rings. The normalized spacial score (nSPS) is 10.4. The molecule has 0 unspecified atom stereocenters. The summed E-state index contributed by atoms with van der Waals surface area (Å²) >= 11 is 0. The van der Waals surface area contributed by atoms with E-state index in [0.29, 0.717) is 0 Å². The number of amides is 1. The van der Waals surface area contributed by atoms with E-state index < -0.39 is 17.7 Å². The molecular weight excluding hydrogens is 236 g/mol. The molecule has 102 valence electrons. The third-order valence-electron chi connectivity index (χ3n) is 1.77. The van der Waals surface area contributed by atoms with Crippen LogP contribution in [0.25, 0.3) is 0 Å². The summed E-state index contributed by atoms with van der Waals surface area (Å²) < 4.78 is 9.91. The first kappa shape index (κ1) is 16.2. The number of carbonyl (C=O) groups excluding carboxylic acids is 2. The summed E-state index contributed by atoms with van der Waals surface area (Å²) in [6, 6.07) is 1.92. The van der Waals surface area contributed by atoms with E-state index in [4.69, 9.17) is 14.7 Å². The Morgan fingerprint density at radius 2 is 1.94 bits per heavy atom. The van der Waals surface area contributed by atoms with Gasteiger partial charge in [-0.05, 0) is 27.7 Å². The van der Waals surface area contributed by atoms with Gasteiger partial charge in [0, 0.05) is 6.54 Å². The molecule has 0 atom stereocenters. The predicted octanol–water partition coefficient (Wildman–Crippen LogP) is 1.70. The van der Waals surface area contributed by atoms with Crippen molar-refractivity contribution in [1.82, 2.24) is 4.90 Å². The van der Waals surface area contributed by atoms with Crippen molar-refractivity contribution in [2.75, 3.05) is 19.7 Å². The Morgan fingerprint density at radius 1 is 1.33 bits per heavy atom. The molecule has 0 aromatic carbocycles. The first-order chi connectivity index (χ1) is 8.30. The van der Waals surface area contributed by atoms with Crippen LogP contribution in [0.5, 0.6) is 0 Å². The summed E-state index contributed by atoms with van der Waals surface area (Å²) in [7, 11) is 0. The lowest BCUT2D eigenvalue weighted by molar-refractivity contribution is -0.144. The molecule has 0 rings (SSSR count). The van der Waals surface area contributed by atoms with E-state index in [1.54, 1.807) is 27.7 Å². The molecule has 0 saturated heterocycles. The van der Waals surface area contributed by atoms with Crippen molar-refractivity contribution in [2.45, 2.75) is 39.7 Å². The summed E-state index contributed by atoms with van der Waals surface area (Å²) in [5, 5.41) is 8.52. The minimum atomic E-state index is -0.642. The molecule has 0 bridgehead atoms.